The number of benzene rings is 1. The lowest BCUT2D eigenvalue weighted by molar-refractivity contribution is 0.607. The lowest BCUT2D eigenvalue weighted by Crippen LogP contribution is -2.03. The Balaban J connectivity index is 2.60. The largest absolute Gasteiger partial charge is 0.371 e. The van der Waals surface area contributed by atoms with Gasteiger partial charge in [0.05, 0.1) is 10.7 Å². The summed E-state index contributed by atoms with van der Waals surface area (Å²) in [6, 6.07) is 5.37. The highest BCUT2D eigenvalue weighted by Crippen LogP contribution is 2.29. The first-order chi connectivity index (χ1) is 8.52. The number of rotatable bonds is 2. The van der Waals surface area contributed by atoms with E-state index in [4.69, 9.17) is 11.6 Å². The van der Waals surface area contributed by atoms with Crippen LogP contribution in [0.2, 0.25) is 5.02 Å². The van der Waals surface area contributed by atoms with Gasteiger partial charge in [0.15, 0.2) is 17.5 Å². The van der Waals surface area contributed by atoms with Crippen LogP contribution in [0.4, 0.5) is 10.2 Å². The number of aromatic nitrogens is 2. The number of aryl methyl sites for hydroxylation is 1. The summed E-state index contributed by atoms with van der Waals surface area (Å²) in [6.45, 7) is 1.59. The molecule has 0 aliphatic carbocycles. The van der Waals surface area contributed by atoms with E-state index in [1.54, 1.807) is 26.1 Å². The van der Waals surface area contributed by atoms with Crippen molar-refractivity contribution in [3.05, 3.63) is 39.2 Å². The van der Waals surface area contributed by atoms with Gasteiger partial charge in [-0.25, -0.2) is 14.4 Å². The summed E-state index contributed by atoms with van der Waals surface area (Å²) in [4.78, 5) is 8.23. The first kappa shape index (κ1) is 13.2. The Labute approximate surface area is 118 Å². The van der Waals surface area contributed by atoms with Crippen molar-refractivity contribution in [3.8, 4) is 11.4 Å². The molecule has 1 heterocycles. The molecular formula is C12H10BrClFN3. The summed E-state index contributed by atoms with van der Waals surface area (Å²) in [7, 11) is 1.61. The Hall–Kier alpha value is -1.20. The van der Waals surface area contributed by atoms with Crippen molar-refractivity contribution in [1.82, 2.24) is 9.97 Å². The zero-order valence-corrected chi connectivity index (χ0v) is 12.1. The number of halogens is 3. The summed E-state index contributed by atoms with van der Waals surface area (Å²) in [5.74, 6) is 0.113. The fourth-order valence-corrected chi connectivity index (χ4v) is 2.27. The third-order valence-electron chi connectivity index (χ3n) is 2.43. The van der Waals surface area contributed by atoms with Gasteiger partial charge in [0.25, 0.3) is 0 Å². The van der Waals surface area contributed by atoms with Crippen LogP contribution in [0.1, 0.15) is 5.69 Å². The molecule has 3 nitrogen and oxygen atoms in total. The van der Waals surface area contributed by atoms with Crippen molar-refractivity contribution >= 4 is 33.3 Å². The summed E-state index contributed by atoms with van der Waals surface area (Å²) in [5, 5.41) is 3.21. The topological polar surface area (TPSA) is 37.8 Å². The zero-order chi connectivity index (χ0) is 13.3. The Bertz CT molecular complexity index is 604. The maximum atomic E-state index is 13.6. The monoisotopic (exact) mass is 329 g/mol. The second-order valence-corrected chi connectivity index (χ2v) is 4.99. The zero-order valence-electron chi connectivity index (χ0n) is 9.76. The van der Waals surface area contributed by atoms with Crippen LogP contribution in [0, 0.1) is 12.7 Å². The van der Waals surface area contributed by atoms with E-state index in [0.717, 1.165) is 4.47 Å². The molecule has 2 rings (SSSR count). The molecule has 0 aliphatic rings. The minimum absolute atomic E-state index is 0.163. The van der Waals surface area contributed by atoms with E-state index in [9.17, 15) is 4.39 Å². The van der Waals surface area contributed by atoms with E-state index >= 15 is 0 Å². The van der Waals surface area contributed by atoms with E-state index < -0.39 is 5.82 Å². The Morgan fingerprint density at radius 1 is 1.33 bits per heavy atom. The van der Waals surface area contributed by atoms with Gasteiger partial charge in [-0.3, -0.25) is 0 Å². The number of nitrogens with zero attached hydrogens (tertiary/aromatic N) is 2. The lowest BCUT2D eigenvalue weighted by Gasteiger charge is -2.08. The minimum Gasteiger partial charge on any atom is -0.371 e. The lowest BCUT2D eigenvalue weighted by atomic mass is 10.2. The number of nitrogens with one attached hydrogen (secondary N) is 1. The molecule has 0 spiro atoms. The predicted molar refractivity (Wildman–Crippen MR) is 74.4 cm³/mol. The molecule has 0 aliphatic heterocycles. The molecule has 0 atom stereocenters. The van der Waals surface area contributed by atoms with Crippen LogP contribution >= 0.6 is 27.5 Å². The van der Waals surface area contributed by atoms with Crippen molar-refractivity contribution in [2.24, 2.45) is 0 Å². The molecular weight excluding hydrogens is 321 g/mol. The Kier molecular flexibility index (Phi) is 3.82. The second-order valence-electron chi connectivity index (χ2n) is 3.67. The maximum absolute atomic E-state index is 13.6. The first-order valence-electron chi connectivity index (χ1n) is 5.20. The summed E-state index contributed by atoms with van der Waals surface area (Å²) in [6.07, 6.45) is 0. The van der Waals surface area contributed by atoms with E-state index in [1.807, 2.05) is 6.07 Å². The van der Waals surface area contributed by atoms with Crippen molar-refractivity contribution in [1.29, 1.82) is 0 Å². The molecule has 1 aromatic heterocycles. The third-order valence-corrected chi connectivity index (χ3v) is 3.23. The summed E-state index contributed by atoms with van der Waals surface area (Å²) >= 11 is 9.45. The first-order valence-corrected chi connectivity index (χ1v) is 6.37. The maximum Gasteiger partial charge on any atom is 0.186 e. The highest BCUT2D eigenvalue weighted by atomic mass is 79.9. The highest BCUT2D eigenvalue weighted by Gasteiger charge is 2.13. The van der Waals surface area contributed by atoms with Gasteiger partial charge in [0.1, 0.15) is 0 Å². The molecule has 0 unspecified atom stereocenters. The van der Waals surface area contributed by atoms with Gasteiger partial charge in [0.2, 0.25) is 0 Å². The van der Waals surface area contributed by atoms with Crippen molar-refractivity contribution < 1.29 is 4.39 Å². The van der Waals surface area contributed by atoms with Gasteiger partial charge in [-0.15, -0.1) is 0 Å². The van der Waals surface area contributed by atoms with Gasteiger partial charge in [-0.1, -0.05) is 27.5 Å². The number of hydrogen-bond acceptors (Lipinski definition) is 3. The fourth-order valence-electron chi connectivity index (χ4n) is 1.52. The van der Waals surface area contributed by atoms with Gasteiger partial charge in [-0.05, 0) is 25.1 Å². The SMILES string of the molecule is CNc1nc(-c2ccc(Br)cc2Cl)nc(C)c1F. The third kappa shape index (κ3) is 2.47. The Morgan fingerprint density at radius 2 is 2.06 bits per heavy atom. The van der Waals surface area contributed by atoms with Crippen LogP contribution < -0.4 is 5.32 Å². The quantitative estimate of drug-likeness (QED) is 0.902. The highest BCUT2D eigenvalue weighted by molar-refractivity contribution is 9.10. The molecule has 2 aromatic rings. The average Bonchev–Trinajstić information content (AvgIpc) is 2.32. The summed E-state index contributed by atoms with van der Waals surface area (Å²) < 4.78 is 14.5. The molecule has 18 heavy (non-hydrogen) atoms. The fraction of sp³-hybridized carbons (Fsp3) is 0.167. The molecule has 0 saturated heterocycles. The molecule has 0 radical (unpaired) electrons. The van der Waals surface area contributed by atoms with E-state index in [-0.39, 0.29) is 11.5 Å². The van der Waals surface area contributed by atoms with Gasteiger partial charge in [0, 0.05) is 17.1 Å². The second kappa shape index (κ2) is 5.20. The Morgan fingerprint density at radius 3 is 2.67 bits per heavy atom. The molecule has 0 saturated carbocycles. The van der Waals surface area contributed by atoms with Crippen molar-refractivity contribution in [2.45, 2.75) is 6.92 Å². The van der Waals surface area contributed by atoms with Crippen molar-refractivity contribution in [3.63, 3.8) is 0 Å². The average molecular weight is 331 g/mol. The molecule has 94 valence electrons. The predicted octanol–water partition coefficient (Wildman–Crippen LogP) is 4.05. The van der Waals surface area contributed by atoms with Crippen LogP contribution in [-0.4, -0.2) is 17.0 Å². The normalized spacial score (nSPS) is 10.5. The number of hydrogen-bond donors (Lipinski definition) is 1. The van der Waals surface area contributed by atoms with Crippen molar-refractivity contribution in [2.75, 3.05) is 12.4 Å². The molecule has 1 aromatic carbocycles. The molecule has 0 fully saturated rings. The van der Waals surface area contributed by atoms with E-state index in [1.165, 1.54) is 0 Å². The van der Waals surface area contributed by atoms with Crippen LogP contribution in [0.25, 0.3) is 11.4 Å². The van der Waals surface area contributed by atoms with Crippen LogP contribution in [0.15, 0.2) is 22.7 Å². The van der Waals surface area contributed by atoms with Gasteiger partial charge in [-0.2, -0.15) is 0 Å². The van der Waals surface area contributed by atoms with Gasteiger partial charge >= 0.3 is 0 Å². The van der Waals surface area contributed by atoms with Crippen LogP contribution in [0.3, 0.4) is 0 Å². The van der Waals surface area contributed by atoms with Gasteiger partial charge < -0.3 is 5.32 Å². The van der Waals surface area contributed by atoms with E-state index in [2.05, 4.69) is 31.2 Å². The van der Waals surface area contributed by atoms with E-state index in [0.29, 0.717) is 16.4 Å². The molecule has 6 heteroatoms. The van der Waals surface area contributed by atoms with Crippen LogP contribution in [0.5, 0.6) is 0 Å². The molecule has 0 bridgehead atoms. The summed E-state index contributed by atoms with van der Waals surface area (Å²) in [5.41, 5.74) is 0.947. The van der Waals surface area contributed by atoms with Crippen LogP contribution in [-0.2, 0) is 0 Å². The molecule has 0 amide bonds. The minimum atomic E-state index is -0.450. The standard InChI is InChI=1S/C12H10BrClFN3/c1-6-10(15)12(16-2)18-11(17-6)8-4-3-7(13)5-9(8)14/h3-5H,1-2H3,(H,16,17,18). The smallest absolute Gasteiger partial charge is 0.186 e. The number of anilines is 1. The molecule has 1 N–H and O–H groups in total.